The van der Waals surface area contributed by atoms with Crippen LogP contribution in [0, 0.1) is 6.92 Å². The van der Waals surface area contributed by atoms with Gasteiger partial charge in [-0.05, 0) is 79.7 Å². The Kier molecular flexibility index (Phi) is 8.25. The number of nitrogens with zero attached hydrogens (tertiary/aromatic N) is 1. The summed E-state index contributed by atoms with van der Waals surface area (Å²) in [7, 11) is 3.26. The molecule has 0 amide bonds. The molecular formula is C27H33N3O4S. The summed E-state index contributed by atoms with van der Waals surface area (Å²) in [6.07, 6.45) is 2.93. The van der Waals surface area contributed by atoms with Crippen molar-refractivity contribution in [1.29, 1.82) is 0 Å². The molecule has 1 aromatic heterocycles. The molecule has 7 nitrogen and oxygen atoms in total. The summed E-state index contributed by atoms with van der Waals surface area (Å²) in [5.41, 5.74) is 3.70. The van der Waals surface area contributed by atoms with Gasteiger partial charge in [0.05, 0.1) is 26.9 Å². The Morgan fingerprint density at radius 2 is 2.00 bits per heavy atom. The summed E-state index contributed by atoms with van der Waals surface area (Å²) in [4.78, 5) is 17.9. The molecular weight excluding hydrogens is 462 g/mol. The number of aryl methyl sites for hydroxylation is 1. The Morgan fingerprint density at radius 1 is 1.17 bits per heavy atom. The van der Waals surface area contributed by atoms with Gasteiger partial charge in [-0.25, -0.2) is 0 Å². The Balaban J connectivity index is 1.46. The predicted molar refractivity (Wildman–Crippen MR) is 143 cm³/mol. The van der Waals surface area contributed by atoms with E-state index in [9.17, 15) is 4.79 Å². The minimum Gasteiger partial charge on any atom is -0.493 e. The zero-order valence-corrected chi connectivity index (χ0v) is 21.4. The van der Waals surface area contributed by atoms with Gasteiger partial charge in [-0.3, -0.25) is 4.79 Å². The van der Waals surface area contributed by atoms with Crippen LogP contribution in [0.5, 0.6) is 11.5 Å². The number of aromatic nitrogens is 1. The Morgan fingerprint density at radius 3 is 2.74 bits per heavy atom. The molecule has 0 bridgehead atoms. The molecule has 2 N–H and O–H groups in total. The second-order valence-corrected chi connectivity index (χ2v) is 9.29. The molecule has 1 saturated heterocycles. The molecule has 0 radical (unpaired) electrons. The van der Waals surface area contributed by atoms with E-state index in [4.69, 9.17) is 26.4 Å². The van der Waals surface area contributed by atoms with E-state index >= 15 is 0 Å². The van der Waals surface area contributed by atoms with Crippen molar-refractivity contribution in [1.82, 2.24) is 15.2 Å². The molecule has 1 atom stereocenters. The van der Waals surface area contributed by atoms with E-state index in [1.54, 1.807) is 14.2 Å². The summed E-state index contributed by atoms with van der Waals surface area (Å²) in [6.45, 7) is 4.54. The number of fused-ring (bicyclic) bond motifs is 1. The van der Waals surface area contributed by atoms with Gasteiger partial charge in [-0.15, -0.1) is 0 Å². The van der Waals surface area contributed by atoms with Crippen LogP contribution in [-0.2, 0) is 17.7 Å². The smallest absolute Gasteiger partial charge is 0.253 e. The van der Waals surface area contributed by atoms with Gasteiger partial charge in [-0.2, -0.15) is 0 Å². The molecule has 1 aliphatic heterocycles. The van der Waals surface area contributed by atoms with E-state index in [1.807, 2.05) is 48.2 Å². The third-order valence-electron chi connectivity index (χ3n) is 6.31. The van der Waals surface area contributed by atoms with E-state index < -0.39 is 0 Å². The van der Waals surface area contributed by atoms with E-state index in [1.165, 1.54) is 0 Å². The highest BCUT2D eigenvalue weighted by Crippen LogP contribution is 2.27. The summed E-state index contributed by atoms with van der Waals surface area (Å²) in [6, 6.07) is 13.9. The first-order valence-corrected chi connectivity index (χ1v) is 12.4. The van der Waals surface area contributed by atoms with Gasteiger partial charge in [0.2, 0.25) is 0 Å². The minimum absolute atomic E-state index is 0.0909. The van der Waals surface area contributed by atoms with Gasteiger partial charge < -0.3 is 29.4 Å². The van der Waals surface area contributed by atoms with Crippen LogP contribution in [0.2, 0.25) is 0 Å². The van der Waals surface area contributed by atoms with Gasteiger partial charge in [0, 0.05) is 30.8 Å². The fourth-order valence-electron chi connectivity index (χ4n) is 4.41. The lowest BCUT2D eigenvalue weighted by atomic mass is 10.1. The first-order valence-electron chi connectivity index (χ1n) is 11.9. The number of aromatic amines is 1. The van der Waals surface area contributed by atoms with Gasteiger partial charge in [0.1, 0.15) is 0 Å². The fourth-order valence-corrected chi connectivity index (χ4v) is 4.65. The number of hydrogen-bond acceptors (Lipinski definition) is 5. The van der Waals surface area contributed by atoms with Crippen molar-refractivity contribution in [3.05, 3.63) is 69.5 Å². The van der Waals surface area contributed by atoms with Crippen molar-refractivity contribution < 1.29 is 14.2 Å². The number of ether oxygens (including phenoxy) is 3. The Bertz CT molecular complexity index is 1240. The maximum Gasteiger partial charge on any atom is 0.253 e. The van der Waals surface area contributed by atoms with Crippen LogP contribution in [0.15, 0.2) is 47.3 Å². The van der Waals surface area contributed by atoms with Gasteiger partial charge in [-0.1, -0.05) is 17.7 Å². The van der Waals surface area contributed by atoms with E-state index in [0.717, 1.165) is 47.9 Å². The fraction of sp³-hybridized carbons (Fsp3) is 0.407. The molecule has 4 rings (SSSR count). The maximum absolute atomic E-state index is 12.8. The molecule has 1 fully saturated rings. The number of benzene rings is 2. The third-order valence-corrected chi connectivity index (χ3v) is 6.71. The SMILES string of the molecule is COc1ccc(CCNC(=S)N(Cc2cc3cc(C)ccc3[nH]c2=O)C[C@H]2CCCO2)cc1OC. The molecule has 2 aromatic carbocycles. The quantitative estimate of drug-likeness (QED) is 0.435. The van der Waals surface area contributed by atoms with Crippen molar-refractivity contribution in [3.8, 4) is 11.5 Å². The second-order valence-electron chi connectivity index (χ2n) is 8.90. The molecule has 8 heteroatoms. The molecule has 3 aromatic rings. The summed E-state index contributed by atoms with van der Waals surface area (Å²) in [5.74, 6) is 1.41. The van der Waals surface area contributed by atoms with Crippen LogP contribution in [0.25, 0.3) is 10.9 Å². The average molecular weight is 496 g/mol. The van der Waals surface area contributed by atoms with Crippen LogP contribution in [0.3, 0.4) is 0 Å². The normalized spacial score (nSPS) is 15.2. The minimum atomic E-state index is -0.0909. The molecule has 186 valence electrons. The molecule has 2 heterocycles. The van der Waals surface area contributed by atoms with Crippen LogP contribution in [0.1, 0.15) is 29.5 Å². The molecule has 0 spiro atoms. The number of thiocarbonyl (C=S) groups is 1. The highest BCUT2D eigenvalue weighted by atomic mass is 32.1. The second kappa shape index (κ2) is 11.6. The van der Waals surface area contributed by atoms with Crippen molar-refractivity contribution >= 4 is 28.2 Å². The monoisotopic (exact) mass is 495 g/mol. The first-order chi connectivity index (χ1) is 17.0. The highest BCUT2D eigenvalue weighted by molar-refractivity contribution is 7.80. The number of methoxy groups -OCH3 is 2. The standard InChI is InChI=1S/C27H33N3O4S/c1-18-6-8-23-20(13-18)15-21(26(31)29-23)16-30(17-22-5-4-12-34-22)27(35)28-11-10-19-7-9-24(32-2)25(14-19)33-3/h6-9,13-15,22H,4-5,10-12,16-17H2,1-3H3,(H,28,35)(H,29,31)/t22-/m1/s1. The van der Waals surface area contributed by atoms with Crippen LogP contribution in [-0.4, -0.2) is 55.0 Å². The van der Waals surface area contributed by atoms with Crippen LogP contribution < -0.4 is 20.3 Å². The summed E-state index contributed by atoms with van der Waals surface area (Å²) in [5, 5.41) is 5.01. The highest BCUT2D eigenvalue weighted by Gasteiger charge is 2.22. The van der Waals surface area contributed by atoms with Gasteiger partial charge in [0.15, 0.2) is 16.6 Å². The van der Waals surface area contributed by atoms with Crippen molar-refractivity contribution in [2.75, 3.05) is 33.9 Å². The number of pyridine rings is 1. The first kappa shape index (κ1) is 25.0. The van der Waals surface area contributed by atoms with E-state index in [-0.39, 0.29) is 11.7 Å². The molecule has 35 heavy (non-hydrogen) atoms. The lowest BCUT2D eigenvalue weighted by molar-refractivity contribution is 0.0897. The topological polar surface area (TPSA) is 75.8 Å². The number of H-pyrrole nitrogens is 1. The number of nitrogens with one attached hydrogen (secondary N) is 2. The van der Waals surface area contributed by atoms with E-state index in [2.05, 4.69) is 16.4 Å². The summed E-state index contributed by atoms with van der Waals surface area (Å²) >= 11 is 5.78. The van der Waals surface area contributed by atoms with Gasteiger partial charge in [0.25, 0.3) is 5.56 Å². The van der Waals surface area contributed by atoms with Crippen LogP contribution in [0.4, 0.5) is 0 Å². The lowest BCUT2D eigenvalue weighted by Gasteiger charge is -2.28. The number of hydrogen-bond donors (Lipinski definition) is 2. The van der Waals surface area contributed by atoms with Crippen LogP contribution >= 0.6 is 12.2 Å². The van der Waals surface area contributed by atoms with Crippen molar-refractivity contribution in [2.45, 2.75) is 38.8 Å². The van der Waals surface area contributed by atoms with Crippen molar-refractivity contribution in [3.63, 3.8) is 0 Å². The van der Waals surface area contributed by atoms with Gasteiger partial charge >= 0.3 is 0 Å². The Hall–Kier alpha value is -3.10. The van der Waals surface area contributed by atoms with Crippen molar-refractivity contribution in [2.24, 2.45) is 0 Å². The average Bonchev–Trinajstić information content (AvgIpc) is 3.37. The summed E-state index contributed by atoms with van der Waals surface area (Å²) < 4.78 is 16.6. The zero-order chi connectivity index (χ0) is 24.8. The maximum atomic E-state index is 12.8. The third kappa shape index (κ3) is 6.32. The molecule has 0 saturated carbocycles. The molecule has 0 unspecified atom stereocenters. The zero-order valence-electron chi connectivity index (χ0n) is 20.6. The molecule has 0 aliphatic carbocycles. The molecule has 1 aliphatic rings. The predicted octanol–water partition coefficient (Wildman–Crippen LogP) is 3.95. The lowest BCUT2D eigenvalue weighted by Crippen LogP contribution is -2.44. The largest absolute Gasteiger partial charge is 0.493 e. The number of rotatable bonds is 9. The Labute approximate surface area is 211 Å². The van der Waals surface area contributed by atoms with E-state index in [0.29, 0.717) is 41.8 Å².